The van der Waals surface area contributed by atoms with E-state index >= 15 is 0 Å². The van der Waals surface area contributed by atoms with E-state index in [1.807, 2.05) is 20.8 Å². The van der Waals surface area contributed by atoms with E-state index in [0.29, 0.717) is 5.55 Å². The first-order chi connectivity index (χ1) is 9.45. The van der Waals surface area contributed by atoms with Crippen LogP contribution in [0.5, 0.6) is 0 Å². The molecule has 1 aromatic carbocycles. The van der Waals surface area contributed by atoms with Crippen LogP contribution in [0.2, 0.25) is 0 Å². The van der Waals surface area contributed by atoms with Gasteiger partial charge < -0.3 is 14.7 Å². The molecule has 20 heavy (non-hydrogen) atoms. The van der Waals surface area contributed by atoms with Crippen molar-refractivity contribution in [1.29, 1.82) is 0 Å². The number of aryl methyl sites for hydroxylation is 4. The Balaban J connectivity index is 2.64. The van der Waals surface area contributed by atoms with Gasteiger partial charge in [0.1, 0.15) is 16.9 Å². The van der Waals surface area contributed by atoms with Crippen LogP contribution in [0.25, 0.3) is 21.9 Å². The van der Waals surface area contributed by atoms with Crippen molar-refractivity contribution in [2.24, 2.45) is 10.9 Å². The molecule has 0 spiro atoms. The maximum Gasteiger partial charge on any atom is 0.239 e. The van der Waals surface area contributed by atoms with Gasteiger partial charge in [0.25, 0.3) is 0 Å². The molecule has 2 heterocycles. The summed E-state index contributed by atoms with van der Waals surface area (Å²) in [6.45, 7) is 10.1. The quantitative estimate of drug-likeness (QED) is 0.502. The van der Waals surface area contributed by atoms with Crippen molar-refractivity contribution in [2.45, 2.75) is 34.6 Å². The zero-order valence-electron chi connectivity index (χ0n) is 12.4. The molecule has 3 rings (SSSR count). The van der Waals surface area contributed by atoms with E-state index in [1.54, 1.807) is 0 Å². The number of hydrogen-bond acceptors (Lipinski definition) is 4. The van der Waals surface area contributed by atoms with Crippen LogP contribution in [0.4, 0.5) is 0 Å². The number of benzene rings is 1. The van der Waals surface area contributed by atoms with Gasteiger partial charge in [-0.3, -0.25) is 0 Å². The fraction of sp³-hybridized carbons (Fsp3) is 0.312. The van der Waals surface area contributed by atoms with Crippen LogP contribution in [-0.4, -0.2) is 0 Å². The molecule has 4 nitrogen and oxygen atoms in total. The summed E-state index contributed by atoms with van der Waals surface area (Å²) in [6.07, 6.45) is 0. The molecule has 4 heteroatoms. The molecule has 0 bridgehead atoms. The number of nitrogens with two attached hydrogens (primary N) is 1. The SMILES string of the molecule is Cc1oc2c(C)c3o/c(=N/N)c(C)c(C)c3cc2c1C. The largest absolute Gasteiger partial charge is 0.461 e. The van der Waals surface area contributed by atoms with Crippen molar-refractivity contribution in [3.05, 3.63) is 39.6 Å². The van der Waals surface area contributed by atoms with Gasteiger partial charge in [0.2, 0.25) is 5.55 Å². The minimum atomic E-state index is 0.470. The summed E-state index contributed by atoms with van der Waals surface area (Å²) >= 11 is 0. The van der Waals surface area contributed by atoms with Gasteiger partial charge in [-0.15, -0.1) is 5.10 Å². The lowest BCUT2D eigenvalue weighted by molar-refractivity contribution is 0.525. The van der Waals surface area contributed by atoms with Crippen LogP contribution >= 0.6 is 0 Å². The van der Waals surface area contributed by atoms with Gasteiger partial charge in [-0.2, -0.15) is 0 Å². The molecule has 0 fully saturated rings. The summed E-state index contributed by atoms with van der Waals surface area (Å²) < 4.78 is 11.7. The molecular formula is C16H18N2O2. The number of hydrogen-bond donors (Lipinski definition) is 1. The molecular weight excluding hydrogens is 252 g/mol. The average Bonchev–Trinajstić information content (AvgIpc) is 2.72. The summed E-state index contributed by atoms with van der Waals surface area (Å²) in [6, 6.07) is 2.13. The maximum absolute atomic E-state index is 5.86. The zero-order chi connectivity index (χ0) is 14.6. The Kier molecular flexibility index (Phi) is 2.64. The minimum absolute atomic E-state index is 0.470. The number of furan rings is 1. The Labute approximate surface area is 116 Å². The highest BCUT2D eigenvalue weighted by Crippen LogP contribution is 2.34. The van der Waals surface area contributed by atoms with Crippen LogP contribution < -0.4 is 11.4 Å². The van der Waals surface area contributed by atoms with Crippen molar-refractivity contribution in [3.8, 4) is 0 Å². The molecule has 0 radical (unpaired) electrons. The third-order valence-electron chi connectivity index (χ3n) is 4.25. The summed E-state index contributed by atoms with van der Waals surface area (Å²) in [5.41, 5.74) is 6.41. The van der Waals surface area contributed by atoms with E-state index in [9.17, 15) is 0 Å². The standard InChI is InChI=1S/C16H18N2O2/c1-7-8(2)16(18-17)20-15-10(4)14-13(6-12(7)15)9(3)11(5)19-14/h6H,17H2,1-5H3/b18-16+. The average molecular weight is 270 g/mol. The zero-order valence-corrected chi connectivity index (χ0v) is 12.4. The predicted molar refractivity (Wildman–Crippen MR) is 79.4 cm³/mol. The second kappa shape index (κ2) is 4.13. The topological polar surface area (TPSA) is 64.7 Å². The molecule has 104 valence electrons. The van der Waals surface area contributed by atoms with Gasteiger partial charge in [-0.1, -0.05) is 0 Å². The van der Waals surface area contributed by atoms with Gasteiger partial charge in [0.05, 0.1) is 0 Å². The van der Waals surface area contributed by atoms with Crippen molar-refractivity contribution in [2.75, 3.05) is 0 Å². The Morgan fingerprint density at radius 2 is 1.40 bits per heavy atom. The predicted octanol–water partition coefficient (Wildman–Crippen LogP) is 3.50. The third-order valence-corrected chi connectivity index (χ3v) is 4.25. The van der Waals surface area contributed by atoms with Gasteiger partial charge in [0.15, 0.2) is 0 Å². The fourth-order valence-electron chi connectivity index (χ4n) is 2.68. The van der Waals surface area contributed by atoms with Crippen LogP contribution in [0, 0.1) is 34.6 Å². The lowest BCUT2D eigenvalue weighted by Gasteiger charge is -2.08. The first-order valence-electron chi connectivity index (χ1n) is 6.63. The van der Waals surface area contributed by atoms with Crippen molar-refractivity contribution < 1.29 is 8.83 Å². The van der Waals surface area contributed by atoms with Crippen LogP contribution in [0.1, 0.15) is 28.0 Å². The van der Waals surface area contributed by atoms with Crippen LogP contribution in [-0.2, 0) is 0 Å². The Bertz CT molecular complexity index is 914. The summed E-state index contributed by atoms with van der Waals surface area (Å²) in [5.74, 6) is 6.35. The highest BCUT2D eigenvalue weighted by atomic mass is 16.3. The fourth-order valence-corrected chi connectivity index (χ4v) is 2.68. The third kappa shape index (κ3) is 1.51. The molecule has 0 aliphatic heterocycles. The highest BCUT2D eigenvalue weighted by Gasteiger charge is 2.16. The van der Waals surface area contributed by atoms with Crippen molar-refractivity contribution in [3.63, 3.8) is 0 Å². The van der Waals surface area contributed by atoms with E-state index in [0.717, 1.165) is 44.4 Å². The smallest absolute Gasteiger partial charge is 0.239 e. The molecule has 0 amide bonds. The monoisotopic (exact) mass is 270 g/mol. The van der Waals surface area contributed by atoms with Gasteiger partial charge >= 0.3 is 0 Å². The van der Waals surface area contributed by atoms with Gasteiger partial charge in [0, 0.05) is 21.9 Å². The Morgan fingerprint density at radius 3 is 2.05 bits per heavy atom. The van der Waals surface area contributed by atoms with Gasteiger partial charge in [-0.05, 0) is 51.8 Å². The summed E-state index contributed by atoms with van der Waals surface area (Å²) in [7, 11) is 0. The van der Waals surface area contributed by atoms with Crippen LogP contribution in [0.15, 0.2) is 20.0 Å². The number of fused-ring (bicyclic) bond motifs is 2. The van der Waals surface area contributed by atoms with E-state index in [4.69, 9.17) is 14.7 Å². The second-order valence-corrected chi connectivity index (χ2v) is 5.32. The molecule has 0 atom stereocenters. The number of rotatable bonds is 0. The van der Waals surface area contributed by atoms with Gasteiger partial charge in [-0.25, -0.2) is 0 Å². The second-order valence-electron chi connectivity index (χ2n) is 5.32. The Morgan fingerprint density at radius 1 is 0.800 bits per heavy atom. The lowest BCUT2D eigenvalue weighted by Crippen LogP contribution is -2.11. The summed E-state index contributed by atoms with van der Waals surface area (Å²) in [5, 5.41) is 5.96. The molecule has 0 saturated carbocycles. The summed E-state index contributed by atoms with van der Waals surface area (Å²) in [4.78, 5) is 0. The van der Waals surface area contributed by atoms with E-state index in [2.05, 4.69) is 25.0 Å². The molecule has 0 unspecified atom stereocenters. The molecule has 2 aromatic heterocycles. The Hall–Kier alpha value is -2.23. The molecule has 2 N–H and O–H groups in total. The minimum Gasteiger partial charge on any atom is -0.461 e. The van der Waals surface area contributed by atoms with Crippen molar-refractivity contribution >= 4 is 21.9 Å². The van der Waals surface area contributed by atoms with Crippen LogP contribution in [0.3, 0.4) is 0 Å². The molecule has 0 aliphatic rings. The maximum atomic E-state index is 5.86. The van der Waals surface area contributed by atoms with E-state index < -0.39 is 0 Å². The first kappa shape index (κ1) is 12.8. The normalized spacial score (nSPS) is 12.8. The molecule has 0 aliphatic carbocycles. The van der Waals surface area contributed by atoms with Crippen molar-refractivity contribution in [1.82, 2.24) is 0 Å². The highest BCUT2D eigenvalue weighted by molar-refractivity contribution is 6.00. The molecule has 3 aromatic rings. The lowest BCUT2D eigenvalue weighted by atomic mass is 10.0. The number of nitrogens with zero attached hydrogens (tertiary/aromatic N) is 1. The molecule has 0 saturated heterocycles. The van der Waals surface area contributed by atoms with E-state index in [1.165, 1.54) is 5.56 Å². The van der Waals surface area contributed by atoms with E-state index in [-0.39, 0.29) is 0 Å². The first-order valence-corrected chi connectivity index (χ1v) is 6.63.